The number of nitrogens with zero attached hydrogens (tertiary/aromatic N) is 2. The summed E-state index contributed by atoms with van der Waals surface area (Å²) in [6.07, 6.45) is 0.992. The molecule has 0 bridgehead atoms. The van der Waals surface area contributed by atoms with Crippen LogP contribution in [0.4, 0.5) is 0 Å². The summed E-state index contributed by atoms with van der Waals surface area (Å²) >= 11 is 11.3. The number of halogens is 1. The lowest BCUT2D eigenvalue weighted by Gasteiger charge is -2.09. The number of aryl methyl sites for hydroxylation is 1. The lowest BCUT2D eigenvalue weighted by Crippen LogP contribution is -2.10. The Kier molecular flexibility index (Phi) is 4.45. The van der Waals surface area contributed by atoms with Gasteiger partial charge < -0.3 is 5.73 Å². The van der Waals surface area contributed by atoms with Gasteiger partial charge in [0.05, 0.1) is 12.2 Å². The first-order valence-electron chi connectivity index (χ1n) is 6.55. The van der Waals surface area contributed by atoms with E-state index in [4.69, 9.17) is 29.6 Å². The van der Waals surface area contributed by atoms with Crippen molar-refractivity contribution in [1.82, 2.24) is 9.78 Å². The summed E-state index contributed by atoms with van der Waals surface area (Å²) in [6, 6.07) is 5.67. The molecule has 0 saturated carbocycles. The summed E-state index contributed by atoms with van der Waals surface area (Å²) < 4.78 is 2.00. The van der Waals surface area contributed by atoms with Crippen LogP contribution < -0.4 is 5.73 Å². The molecule has 0 aliphatic heterocycles. The molecule has 0 atom stereocenters. The summed E-state index contributed by atoms with van der Waals surface area (Å²) in [4.78, 5) is 0.359. The second kappa shape index (κ2) is 5.94. The van der Waals surface area contributed by atoms with Crippen molar-refractivity contribution in [2.24, 2.45) is 5.73 Å². The molecule has 0 aliphatic rings. The Morgan fingerprint density at radius 2 is 2.10 bits per heavy atom. The Labute approximate surface area is 129 Å². The lowest BCUT2D eigenvalue weighted by atomic mass is 10.1. The summed E-state index contributed by atoms with van der Waals surface area (Å²) in [6.45, 7) is 6.93. The van der Waals surface area contributed by atoms with E-state index in [2.05, 4.69) is 18.9 Å². The number of aromatic nitrogens is 2. The van der Waals surface area contributed by atoms with Crippen molar-refractivity contribution in [3.05, 3.63) is 51.3 Å². The van der Waals surface area contributed by atoms with Gasteiger partial charge >= 0.3 is 0 Å². The third-order valence-electron chi connectivity index (χ3n) is 3.54. The van der Waals surface area contributed by atoms with Crippen molar-refractivity contribution in [2.75, 3.05) is 0 Å². The van der Waals surface area contributed by atoms with Crippen LogP contribution in [0.25, 0.3) is 0 Å². The zero-order chi connectivity index (χ0) is 14.9. The fourth-order valence-corrected chi connectivity index (χ4v) is 2.76. The van der Waals surface area contributed by atoms with Gasteiger partial charge in [-0.2, -0.15) is 5.10 Å². The summed E-state index contributed by atoms with van der Waals surface area (Å²) in [5.74, 6) is 0. The second-order valence-electron chi connectivity index (χ2n) is 4.83. The van der Waals surface area contributed by atoms with Crippen LogP contribution in [-0.2, 0) is 13.0 Å². The number of hydrogen-bond donors (Lipinski definition) is 1. The zero-order valence-corrected chi connectivity index (χ0v) is 13.5. The van der Waals surface area contributed by atoms with Crippen LogP contribution >= 0.6 is 23.8 Å². The van der Waals surface area contributed by atoms with Crippen molar-refractivity contribution < 1.29 is 0 Å². The first-order valence-corrected chi connectivity index (χ1v) is 7.33. The Hall–Kier alpha value is -1.39. The molecular weight excluding hydrogens is 290 g/mol. The van der Waals surface area contributed by atoms with Gasteiger partial charge in [-0.1, -0.05) is 42.9 Å². The van der Waals surface area contributed by atoms with E-state index in [9.17, 15) is 0 Å². The highest BCUT2D eigenvalue weighted by Crippen LogP contribution is 2.21. The molecule has 20 heavy (non-hydrogen) atoms. The van der Waals surface area contributed by atoms with Crippen molar-refractivity contribution in [3.63, 3.8) is 0 Å². The highest BCUT2D eigenvalue weighted by Gasteiger charge is 2.11. The van der Waals surface area contributed by atoms with Crippen molar-refractivity contribution in [3.8, 4) is 0 Å². The lowest BCUT2D eigenvalue weighted by molar-refractivity contribution is 0.658. The molecule has 1 aromatic heterocycles. The molecule has 0 spiro atoms. The van der Waals surface area contributed by atoms with Crippen LogP contribution in [-0.4, -0.2) is 14.8 Å². The molecule has 3 nitrogen and oxygen atoms in total. The Bertz CT molecular complexity index is 661. The average Bonchev–Trinajstić information content (AvgIpc) is 2.66. The van der Waals surface area contributed by atoms with Crippen molar-refractivity contribution in [1.29, 1.82) is 0 Å². The van der Waals surface area contributed by atoms with Crippen LogP contribution in [0, 0.1) is 13.8 Å². The van der Waals surface area contributed by atoms with Crippen LogP contribution in [0.5, 0.6) is 0 Å². The molecule has 0 radical (unpaired) electrons. The predicted octanol–water partition coefficient (Wildman–Crippen LogP) is 3.40. The summed E-state index contributed by atoms with van der Waals surface area (Å²) in [5.41, 5.74) is 11.0. The predicted molar refractivity (Wildman–Crippen MR) is 87.5 cm³/mol. The van der Waals surface area contributed by atoms with E-state index in [1.54, 1.807) is 0 Å². The van der Waals surface area contributed by atoms with Gasteiger partial charge in [-0.05, 0) is 37.5 Å². The molecule has 2 aromatic rings. The van der Waals surface area contributed by atoms with E-state index in [0.717, 1.165) is 23.2 Å². The highest BCUT2D eigenvalue weighted by atomic mass is 35.5. The minimum atomic E-state index is 0.359. The number of thiocarbonyl (C=S) groups is 1. The first-order chi connectivity index (χ1) is 9.43. The first kappa shape index (κ1) is 15.0. The second-order valence-corrected chi connectivity index (χ2v) is 5.68. The smallest absolute Gasteiger partial charge is 0.104 e. The van der Waals surface area contributed by atoms with E-state index in [0.29, 0.717) is 16.6 Å². The van der Waals surface area contributed by atoms with Crippen molar-refractivity contribution in [2.45, 2.75) is 33.7 Å². The normalized spacial score (nSPS) is 10.8. The minimum Gasteiger partial charge on any atom is -0.389 e. The molecule has 0 aliphatic carbocycles. The van der Waals surface area contributed by atoms with E-state index >= 15 is 0 Å². The number of hydrogen-bond acceptors (Lipinski definition) is 2. The third-order valence-corrected chi connectivity index (χ3v) is 4.13. The third kappa shape index (κ3) is 2.86. The molecule has 0 unspecified atom stereocenters. The summed E-state index contributed by atoms with van der Waals surface area (Å²) in [5, 5.41) is 5.25. The maximum absolute atomic E-state index is 6.30. The number of nitrogens with two attached hydrogens (primary N) is 1. The average molecular weight is 308 g/mol. The molecule has 5 heteroatoms. The van der Waals surface area contributed by atoms with Gasteiger partial charge in [0.1, 0.15) is 4.99 Å². The van der Waals surface area contributed by atoms with Crippen LogP contribution in [0.3, 0.4) is 0 Å². The molecule has 0 fully saturated rings. The molecule has 2 rings (SSSR count). The van der Waals surface area contributed by atoms with Gasteiger partial charge in [0, 0.05) is 16.3 Å². The Balaban J connectivity index is 2.33. The van der Waals surface area contributed by atoms with Crippen LogP contribution in [0.15, 0.2) is 18.2 Å². The van der Waals surface area contributed by atoms with Gasteiger partial charge in [-0.25, -0.2) is 0 Å². The molecule has 1 heterocycles. The molecule has 0 saturated heterocycles. The maximum atomic E-state index is 6.30. The number of benzene rings is 1. The zero-order valence-electron chi connectivity index (χ0n) is 11.9. The van der Waals surface area contributed by atoms with E-state index in [1.807, 2.05) is 29.8 Å². The molecule has 106 valence electrons. The summed E-state index contributed by atoms with van der Waals surface area (Å²) in [7, 11) is 0. The molecular formula is C15H18ClN3S. The topological polar surface area (TPSA) is 43.8 Å². The minimum absolute atomic E-state index is 0.359. The van der Waals surface area contributed by atoms with Crippen LogP contribution in [0.2, 0.25) is 5.02 Å². The monoisotopic (exact) mass is 307 g/mol. The standard InChI is InChI=1S/C15H18ClN3S/c1-4-13-9(2)18-19(10(13)3)8-12-6-5-11(15(17)20)7-14(12)16/h5-7H,4,8H2,1-3H3,(H2,17,20). The van der Waals surface area contributed by atoms with Gasteiger partial charge in [-0.3, -0.25) is 4.68 Å². The molecule has 2 N–H and O–H groups in total. The van der Waals surface area contributed by atoms with Gasteiger partial charge in [-0.15, -0.1) is 0 Å². The van der Waals surface area contributed by atoms with Crippen LogP contribution in [0.1, 0.15) is 35.0 Å². The van der Waals surface area contributed by atoms with Crippen molar-refractivity contribution >= 4 is 28.8 Å². The Morgan fingerprint density at radius 3 is 2.60 bits per heavy atom. The Morgan fingerprint density at radius 1 is 1.40 bits per heavy atom. The molecule has 1 aromatic carbocycles. The molecule has 0 amide bonds. The van der Waals surface area contributed by atoms with E-state index < -0.39 is 0 Å². The number of rotatable bonds is 4. The van der Waals surface area contributed by atoms with E-state index in [-0.39, 0.29) is 0 Å². The van der Waals surface area contributed by atoms with Gasteiger partial charge in [0.25, 0.3) is 0 Å². The largest absolute Gasteiger partial charge is 0.389 e. The van der Waals surface area contributed by atoms with E-state index in [1.165, 1.54) is 11.3 Å². The van der Waals surface area contributed by atoms with Gasteiger partial charge in [0.15, 0.2) is 0 Å². The van der Waals surface area contributed by atoms with Gasteiger partial charge in [0.2, 0.25) is 0 Å². The quantitative estimate of drug-likeness (QED) is 0.881. The fourth-order valence-electron chi connectivity index (χ4n) is 2.39. The maximum Gasteiger partial charge on any atom is 0.104 e. The highest BCUT2D eigenvalue weighted by molar-refractivity contribution is 7.80. The SMILES string of the molecule is CCc1c(C)nn(Cc2ccc(C(N)=S)cc2Cl)c1C. The fraction of sp³-hybridized carbons (Fsp3) is 0.333.